The van der Waals surface area contributed by atoms with Gasteiger partial charge in [-0.15, -0.1) is 0 Å². The van der Waals surface area contributed by atoms with Crippen LogP contribution >= 0.6 is 15.9 Å². The molecule has 0 saturated carbocycles. The van der Waals surface area contributed by atoms with E-state index in [1.54, 1.807) is 6.26 Å². The largest absolute Gasteiger partial charge is 0.468 e. The summed E-state index contributed by atoms with van der Waals surface area (Å²) in [6.07, 6.45) is 11.3. The van der Waals surface area contributed by atoms with Crippen LogP contribution in [0.5, 0.6) is 0 Å². The van der Waals surface area contributed by atoms with E-state index in [2.05, 4.69) is 27.9 Å². The first-order chi connectivity index (χ1) is 8.83. The predicted molar refractivity (Wildman–Crippen MR) is 81.2 cm³/mol. The van der Waals surface area contributed by atoms with Gasteiger partial charge in [0.2, 0.25) is 0 Å². The van der Waals surface area contributed by atoms with Crippen LogP contribution in [0.25, 0.3) is 0 Å². The number of rotatable bonds is 11. The molecular weight excluding hydrogens is 290 g/mol. The lowest BCUT2D eigenvalue weighted by molar-refractivity contribution is 0.287. The van der Waals surface area contributed by atoms with Crippen molar-refractivity contribution in [2.75, 3.05) is 18.9 Å². The SMILES string of the molecule is CN(CCCCCCCCCBr)Cc1ccco1. The normalized spacial score (nSPS) is 11.3. The average Bonchev–Trinajstić information content (AvgIpc) is 2.85. The van der Waals surface area contributed by atoms with Crippen molar-refractivity contribution in [2.24, 2.45) is 0 Å². The van der Waals surface area contributed by atoms with Crippen LogP contribution in [0, 0.1) is 0 Å². The molecule has 2 nitrogen and oxygen atoms in total. The summed E-state index contributed by atoms with van der Waals surface area (Å²) in [5.74, 6) is 1.06. The van der Waals surface area contributed by atoms with Gasteiger partial charge in [-0.05, 0) is 38.6 Å². The first kappa shape index (κ1) is 15.8. The number of hydrogen-bond acceptors (Lipinski definition) is 2. The van der Waals surface area contributed by atoms with Gasteiger partial charge in [0.1, 0.15) is 5.76 Å². The highest BCUT2D eigenvalue weighted by Crippen LogP contribution is 2.09. The van der Waals surface area contributed by atoms with E-state index in [1.807, 2.05) is 12.1 Å². The zero-order chi connectivity index (χ0) is 13.1. The molecule has 3 heteroatoms. The van der Waals surface area contributed by atoms with E-state index in [-0.39, 0.29) is 0 Å². The van der Waals surface area contributed by atoms with Crippen molar-refractivity contribution in [1.82, 2.24) is 4.90 Å². The maximum absolute atomic E-state index is 5.34. The number of halogens is 1. The van der Waals surface area contributed by atoms with Gasteiger partial charge in [0, 0.05) is 5.33 Å². The summed E-state index contributed by atoms with van der Waals surface area (Å²) in [6, 6.07) is 4.00. The monoisotopic (exact) mass is 315 g/mol. The summed E-state index contributed by atoms with van der Waals surface area (Å²) in [6.45, 7) is 2.10. The van der Waals surface area contributed by atoms with Crippen molar-refractivity contribution >= 4 is 15.9 Å². The lowest BCUT2D eigenvalue weighted by Gasteiger charge is -2.14. The Balaban J connectivity index is 1.88. The molecule has 0 amide bonds. The molecule has 1 aromatic rings. The highest BCUT2D eigenvalue weighted by Gasteiger charge is 2.01. The molecule has 0 spiro atoms. The summed E-state index contributed by atoms with van der Waals surface area (Å²) in [5, 5.41) is 1.16. The number of furan rings is 1. The van der Waals surface area contributed by atoms with E-state index in [9.17, 15) is 0 Å². The summed E-state index contributed by atoms with van der Waals surface area (Å²) >= 11 is 3.47. The molecule has 0 N–H and O–H groups in total. The van der Waals surface area contributed by atoms with E-state index in [0.29, 0.717) is 0 Å². The average molecular weight is 316 g/mol. The van der Waals surface area contributed by atoms with Crippen molar-refractivity contribution in [3.8, 4) is 0 Å². The topological polar surface area (TPSA) is 16.4 Å². The maximum Gasteiger partial charge on any atom is 0.117 e. The molecule has 104 valence electrons. The Morgan fingerprint density at radius 1 is 1.06 bits per heavy atom. The molecule has 0 aliphatic carbocycles. The third-order valence-corrected chi connectivity index (χ3v) is 3.74. The van der Waals surface area contributed by atoms with Crippen LogP contribution in [0.2, 0.25) is 0 Å². The molecule has 0 aliphatic heterocycles. The van der Waals surface area contributed by atoms with Crippen LogP contribution in [0.4, 0.5) is 0 Å². The Kier molecular flexibility index (Phi) is 9.31. The van der Waals surface area contributed by atoms with E-state index in [1.165, 1.54) is 51.5 Å². The molecule has 18 heavy (non-hydrogen) atoms. The second-order valence-electron chi connectivity index (χ2n) is 4.98. The van der Waals surface area contributed by atoms with E-state index in [0.717, 1.165) is 17.6 Å². The van der Waals surface area contributed by atoms with Gasteiger partial charge in [0.15, 0.2) is 0 Å². The molecular formula is C15H26BrNO. The van der Waals surface area contributed by atoms with Crippen LogP contribution in [0.3, 0.4) is 0 Å². The smallest absolute Gasteiger partial charge is 0.117 e. The number of unbranched alkanes of at least 4 members (excludes halogenated alkanes) is 6. The quantitative estimate of drug-likeness (QED) is 0.429. The zero-order valence-corrected chi connectivity index (χ0v) is 13.1. The molecule has 0 unspecified atom stereocenters. The van der Waals surface area contributed by atoms with Gasteiger partial charge < -0.3 is 4.42 Å². The number of hydrogen-bond donors (Lipinski definition) is 0. The van der Waals surface area contributed by atoms with Gasteiger partial charge in [-0.25, -0.2) is 0 Å². The Bertz CT molecular complexity index is 274. The van der Waals surface area contributed by atoms with Crippen LogP contribution in [-0.2, 0) is 6.54 Å². The summed E-state index contributed by atoms with van der Waals surface area (Å²) in [5.41, 5.74) is 0. The van der Waals surface area contributed by atoms with Crippen molar-refractivity contribution in [3.63, 3.8) is 0 Å². The first-order valence-corrected chi connectivity index (χ1v) is 8.22. The van der Waals surface area contributed by atoms with Crippen LogP contribution in [0.1, 0.15) is 50.7 Å². The summed E-state index contributed by atoms with van der Waals surface area (Å²) in [4.78, 5) is 2.34. The van der Waals surface area contributed by atoms with Crippen LogP contribution in [-0.4, -0.2) is 23.8 Å². The predicted octanol–water partition coefficient (Wildman–Crippen LogP) is 4.84. The van der Waals surface area contributed by atoms with Gasteiger partial charge in [-0.2, -0.15) is 0 Å². The van der Waals surface area contributed by atoms with E-state index >= 15 is 0 Å². The minimum absolute atomic E-state index is 0.929. The van der Waals surface area contributed by atoms with E-state index < -0.39 is 0 Å². The highest BCUT2D eigenvalue weighted by molar-refractivity contribution is 9.09. The fourth-order valence-electron chi connectivity index (χ4n) is 2.11. The molecule has 0 aliphatic rings. The first-order valence-electron chi connectivity index (χ1n) is 7.10. The van der Waals surface area contributed by atoms with E-state index in [4.69, 9.17) is 4.42 Å². The van der Waals surface area contributed by atoms with Gasteiger partial charge >= 0.3 is 0 Å². The van der Waals surface area contributed by atoms with Crippen molar-refractivity contribution < 1.29 is 4.42 Å². The van der Waals surface area contributed by atoms with Crippen molar-refractivity contribution in [3.05, 3.63) is 24.2 Å². The van der Waals surface area contributed by atoms with Gasteiger partial charge in [0.05, 0.1) is 12.8 Å². The minimum atomic E-state index is 0.929. The highest BCUT2D eigenvalue weighted by atomic mass is 79.9. The maximum atomic E-state index is 5.34. The zero-order valence-electron chi connectivity index (χ0n) is 11.5. The Labute approximate surface area is 120 Å². The standard InChI is InChI=1S/C15H26BrNO/c1-17(14-15-10-9-13-18-15)12-8-6-4-2-3-5-7-11-16/h9-10,13H,2-8,11-12,14H2,1H3. The molecule has 0 fully saturated rings. The van der Waals surface area contributed by atoms with Crippen molar-refractivity contribution in [2.45, 2.75) is 51.5 Å². The second-order valence-corrected chi connectivity index (χ2v) is 5.77. The number of nitrogens with zero attached hydrogens (tertiary/aromatic N) is 1. The summed E-state index contributed by atoms with van der Waals surface area (Å²) in [7, 11) is 2.17. The Morgan fingerprint density at radius 2 is 1.72 bits per heavy atom. The summed E-state index contributed by atoms with van der Waals surface area (Å²) < 4.78 is 5.34. The molecule has 1 aromatic heterocycles. The lowest BCUT2D eigenvalue weighted by atomic mass is 10.1. The van der Waals surface area contributed by atoms with Crippen LogP contribution in [0.15, 0.2) is 22.8 Å². The molecule has 0 aromatic carbocycles. The number of alkyl halides is 1. The Hall–Kier alpha value is -0.280. The molecule has 0 bridgehead atoms. The molecule has 0 atom stereocenters. The molecule has 0 saturated heterocycles. The Morgan fingerprint density at radius 3 is 2.33 bits per heavy atom. The minimum Gasteiger partial charge on any atom is -0.468 e. The van der Waals surface area contributed by atoms with Crippen LogP contribution < -0.4 is 0 Å². The fourth-order valence-corrected chi connectivity index (χ4v) is 2.50. The van der Waals surface area contributed by atoms with Gasteiger partial charge in [0.25, 0.3) is 0 Å². The fraction of sp³-hybridized carbons (Fsp3) is 0.733. The van der Waals surface area contributed by atoms with Crippen molar-refractivity contribution in [1.29, 1.82) is 0 Å². The molecule has 0 radical (unpaired) electrons. The second kappa shape index (κ2) is 10.6. The molecule has 1 rings (SSSR count). The third-order valence-electron chi connectivity index (χ3n) is 3.18. The van der Waals surface area contributed by atoms with Gasteiger partial charge in [-0.3, -0.25) is 4.90 Å². The lowest BCUT2D eigenvalue weighted by Crippen LogP contribution is -2.18. The van der Waals surface area contributed by atoms with Gasteiger partial charge in [-0.1, -0.05) is 48.0 Å². The molecule has 1 heterocycles. The third kappa shape index (κ3) is 7.93.